The van der Waals surface area contributed by atoms with E-state index in [1.807, 2.05) is 19.2 Å². The lowest BCUT2D eigenvalue weighted by molar-refractivity contribution is 0.227. The van der Waals surface area contributed by atoms with E-state index in [9.17, 15) is 5.11 Å². The van der Waals surface area contributed by atoms with Gasteiger partial charge in [0, 0.05) is 25.3 Å². The maximum atomic E-state index is 9.23. The van der Waals surface area contributed by atoms with Crippen LogP contribution in [0.2, 0.25) is 0 Å². The molecule has 2 aliphatic rings. The zero-order chi connectivity index (χ0) is 11.1. The molecule has 1 aromatic heterocycles. The molecule has 86 valence electrons. The number of fused-ring (bicyclic) bond motifs is 3. The maximum absolute atomic E-state index is 9.23. The summed E-state index contributed by atoms with van der Waals surface area (Å²) in [7, 11) is 0. The second kappa shape index (κ2) is 3.63. The van der Waals surface area contributed by atoms with Gasteiger partial charge in [-0.1, -0.05) is 0 Å². The van der Waals surface area contributed by atoms with E-state index < -0.39 is 0 Å². The van der Waals surface area contributed by atoms with Gasteiger partial charge in [0.05, 0.1) is 6.04 Å². The molecular weight excluding hydrogens is 204 g/mol. The molecule has 3 rings (SSSR count). The highest BCUT2D eigenvalue weighted by molar-refractivity contribution is 5.59. The lowest BCUT2D eigenvalue weighted by Crippen LogP contribution is -2.39. The second-order valence-electron chi connectivity index (χ2n) is 4.68. The highest BCUT2D eigenvalue weighted by Gasteiger charge is 2.37. The molecule has 0 radical (unpaired) electrons. The van der Waals surface area contributed by atoms with Crippen molar-refractivity contribution in [2.75, 3.05) is 24.7 Å². The van der Waals surface area contributed by atoms with Crippen LogP contribution in [0.4, 0.5) is 5.82 Å². The van der Waals surface area contributed by atoms with Crippen molar-refractivity contribution in [2.45, 2.75) is 19.4 Å². The van der Waals surface area contributed by atoms with E-state index in [1.165, 1.54) is 0 Å². The Morgan fingerprint density at radius 3 is 3.31 bits per heavy atom. The van der Waals surface area contributed by atoms with Crippen molar-refractivity contribution in [2.24, 2.45) is 5.92 Å². The van der Waals surface area contributed by atoms with E-state index in [1.54, 1.807) is 0 Å². The summed E-state index contributed by atoms with van der Waals surface area (Å²) < 4.78 is 5.78. The fourth-order valence-electron chi connectivity index (χ4n) is 2.66. The number of hydrogen-bond acceptors (Lipinski definition) is 4. The van der Waals surface area contributed by atoms with Crippen LogP contribution in [-0.2, 0) is 0 Å². The van der Waals surface area contributed by atoms with Gasteiger partial charge >= 0.3 is 0 Å². The van der Waals surface area contributed by atoms with Gasteiger partial charge in [-0.2, -0.15) is 0 Å². The van der Waals surface area contributed by atoms with Gasteiger partial charge in [-0.05, 0) is 25.0 Å². The Balaban J connectivity index is 1.97. The van der Waals surface area contributed by atoms with Crippen molar-refractivity contribution >= 4 is 5.82 Å². The lowest BCUT2D eigenvalue weighted by Gasteiger charge is -2.32. The SMILES string of the molecule is Cc1ccnc2c1OCC1CC(CO)CN21. The summed E-state index contributed by atoms with van der Waals surface area (Å²) in [6.07, 6.45) is 2.83. The summed E-state index contributed by atoms with van der Waals surface area (Å²) in [5.74, 6) is 2.23. The first kappa shape index (κ1) is 9.90. The highest BCUT2D eigenvalue weighted by atomic mass is 16.5. The molecule has 2 aliphatic heterocycles. The third-order valence-electron chi connectivity index (χ3n) is 3.53. The van der Waals surface area contributed by atoms with Crippen LogP contribution in [0.15, 0.2) is 12.3 Å². The van der Waals surface area contributed by atoms with E-state index >= 15 is 0 Å². The quantitative estimate of drug-likeness (QED) is 0.766. The molecule has 2 atom stereocenters. The molecule has 0 spiro atoms. The van der Waals surface area contributed by atoms with Gasteiger partial charge in [-0.25, -0.2) is 4.98 Å². The largest absolute Gasteiger partial charge is 0.487 e. The van der Waals surface area contributed by atoms with Crippen LogP contribution >= 0.6 is 0 Å². The van der Waals surface area contributed by atoms with Crippen molar-refractivity contribution in [1.29, 1.82) is 0 Å². The molecule has 0 amide bonds. The molecule has 1 aromatic rings. The highest BCUT2D eigenvalue weighted by Crippen LogP contribution is 2.39. The molecule has 1 saturated heterocycles. The summed E-state index contributed by atoms with van der Waals surface area (Å²) in [6, 6.07) is 2.36. The lowest BCUT2D eigenvalue weighted by atomic mass is 10.1. The Morgan fingerprint density at radius 1 is 1.62 bits per heavy atom. The average Bonchev–Trinajstić information content (AvgIpc) is 2.72. The van der Waals surface area contributed by atoms with Gasteiger partial charge in [-0.3, -0.25) is 0 Å². The molecule has 1 N–H and O–H groups in total. The van der Waals surface area contributed by atoms with E-state index in [0.717, 1.165) is 36.7 Å². The number of rotatable bonds is 1. The molecule has 4 nitrogen and oxygen atoms in total. The first-order valence-corrected chi connectivity index (χ1v) is 5.75. The van der Waals surface area contributed by atoms with Gasteiger partial charge in [0.25, 0.3) is 0 Å². The monoisotopic (exact) mass is 220 g/mol. The second-order valence-corrected chi connectivity index (χ2v) is 4.68. The van der Waals surface area contributed by atoms with Crippen molar-refractivity contribution in [3.05, 3.63) is 17.8 Å². The normalized spacial score (nSPS) is 27.2. The summed E-state index contributed by atoms with van der Waals surface area (Å²) in [6.45, 7) is 3.92. The number of aliphatic hydroxyl groups excluding tert-OH is 1. The first-order chi connectivity index (χ1) is 7.79. The Kier molecular flexibility index (Phi) is 2.24. The van der Waals surface area contributed by atoms with Crippen LogP contribution in [-0.4, -0.2) is 35.9 Å². The summed E-state index contributed by atoms with van der Waals surface area (Å²) >= 11 is 0. The Bertz CT molecular complexity index is 408. The number of aryl methyl sites for hydroxylation is 1. The number of aromatic nitrogens is 1. The molecule has 16 heavy (non-hydrogen) atoms. The number of ether oxygens (including phenoxy) is 1. The van der Waals surface area contributed by atoms with Gasteiger partial charge in [0.1, 0.15) is 6.61 Å². The molecule has 3 heterocycles. The van der Waals surface area contributed by atoms with Crippen LogP contribution < -0.4 is 9.64 Å². The third kappa shape index (κ3) is 1.37. The molecule has 1 fully saturated rings. The van der Waals surface area contributed by atoms with Gasteiger partial charge in [-0.15, -0.1) is 0 Å². The minimum Gasteiger partial charge on any atom is -0.487 e. The maximum Gasteiger partial charge on any atom is 0.172 e. The standard InChI is InChI=1S/C12H16N2O2/c1-8-2-3-13-12-11(8)16-7-10-4-9(6-15)5-14(10)12/h2-3,9-10,15H,4-7H2,1H3. The summed E-state index contributed by atoms with van der Waals surface area (Å²) in [5, 5.41) is 9.23. The Morgan fingerprint density at radius 2 is 2.50 bits per heavy atom. The van der Waals surface area contributed by atoms with Crippen molar-refractivity contribution < 1.29 is 9.84 Å². The first-order valence-electron chi connectivity index (χ1n) is 5.75. The predicted molar refractivity (Wildman–Crippen MR) is 60.8 cm³/mol. The molecule has 0 saturated carbocycles. The van der Waals surface area contributed by atoms with Crippen molar-refractivity contribution in [1.82, 2.24) is 4.98 Å². The molecule has 0 bridgehead atoms. The van der Waals surface area contributed by atoms with E-state index in [4.69, 9.17) is 4.74 Å². The van der Waals surface area contributed by atoms with E-state index in [2.05, 4.69) is 9.88 Å². The fraction of sp³-hybridized carbons (Fsp3) is 0.583. The molecule has 4 heteroatoms. The van der Waals surface area contributed by atoms with E-state index in [0.29, 0.717) is 12.0 Å². The van der Waals surface area contributed by atoms with Crippen molar-refractivity contribution in [3.8, 4) is 5.75 Å². The summed E-state index contributed by atoms with van der Waals surface area (Å²) in [5.41, 5.74) is 1.14. The Hall–Kier alpha value is -1.29. The smallest absolute Gasteiger partial charge is 0.172 e. The van der Waals surface area contributed by atoms with E-state index in [-0.39, 0.29) is 6.61 Å². The minimum atomic E-state index is 0.258. The van der Waals surface area contributed by atoms with Crippen LogP contribution in [0, 0.1) is 12.8 Å². The van der Waals surface area contributed by atoms with Crippen LogP contribution in [0.1, 0.15) is 12.0 Å². The van der Waals surface area contributed by atoms with Crippen LogP contribution in [0.5, 0.6) is 5.75 Å². The Labute approximate surface area is 94.9 Å². The number of nitrogens with zero attached hydrogens (tertiary/aromatic N) is 2. The fourth-order valence-corrected chi connectivity index (χ4v) is 2.66. The predicted octanol–water partition coefficient (Wildman–Crippen LogP) is 0.970. The zero-order valence-corrected chi connectivity index (χ0v) is 9.39. The number of pyridine rings is 1. The van der Waals surface area contributed by atoms with Crippen LogP contribution in [0.3, 0.4) is 0 Å². The third-order valence-corrected chi connectivity index (χ3v) is 3.53. The molecule has 0 aromatic carbocycles. The topological polar surface area (TPSA) is 45.6 Å². The van der Waals surface area contributed by atoms with Gasteiger partial charge in [0.15, 0.2) is 11.6 Å². The zero-order valence-electron chi connectivity index (χ0n) is 9.39. The van der Waals surface area contributed by atoms with Gasteiger partial charge < -0.3 is 14.7 Å². The molecular formula is C12H16N2O2. The summed E-state index contributed by atoms with van der Waals surface area (Å²) in [4.78, 5) is 6.70. The number of aliphatic hydroxyl groups is 1. The van der Waals surface area contributed by atoms with Crippen molar-refractivity contribution in [3.63, 3.8) is 0 Å². The van der Waals surface area contributed by atoms with Crippen LogP contribution in [0.25, 0.3) is 0 Å². The van der Waals surface area contributed by atoms with Gasteiger partial charge in [0.2, 0.25) is 0 Å². The number of hydrogen-bond donors (Lipinski definition) is 1. The minimum absolute atomic E-state index is 0.258. The molecule has 2 unspecified atom stereocenters. The average molecular weight is 220 g/mol. The molecule has 0 aliphatic carbocycles. The number of anilines is 1.